The van der Waals surface area contributed by atoms with Gasteiger partial charge < -0.3 is 39.0 Å². The van der Waals surface area contributed by atoms with Crippen LogP contribution in [-0.2, 0) is 43.3 Å². The highest BCUT2D eigenvalue weighted by molar-refractivity contribution is 6.30. The van der Waals surface area contributed by atoms with Crippen LogP contribution in [0.5, 0.6) is 23.0 Å². The zero-order chi connectivity index (χ0) is 41.0. The number of carboxylic acid groups (broad SMARTS) is 1. The van der Waals surface area contributed by atoms with Crippen molar-refractivity contribution in [1.82, 2.24) is 15.1 Å². The molecule has 0 spiro atoms. The Bertz CT molecular complexity index is 1820. The highest BCUT2D eigenvalue weighted by Gasteiger charge is 2.39. The maximum atomic E-state index is 14.1. The molecule has 0 saturated carbocycles. The van der Waals surface area contributed by atoms with Gasteiger partial charge in [0.15, 0.2) is 0 Å². The van der Waals surface area contributed by atoms with Crippen molar-refractivity contribution in [3.8, 4) is 23.0 Å². The highest BCUT2D eigenvalue weighted by atomic mass is 35.5. The number of ether oxygens (including phenoxy) is 5. The summed E-state index contributed by atoms with van der Waals surface area (Å²) in [5.74, 6) is -1.16. The number of hydrogen-bond donors (Lipinski definition) is 2. The van der Waals surface area contributed by atoms with Crippen molar-refractivity contribution < 1.29 is 52.8 Å². The average Bonchev–Trinajstić information content (AvgIpc) is 3.22. The molecule has 0 aromatic heterocycles. The minimum atomic E-state index is -0.952. The standard InChI is InChI=1S/C34H38ClN3O9.C6H12O2/c1-20(22-8-6-21(7-9-22)12-32(40)41)36-34(43)38-19-31(39)37(18-27-29(46-4)15-26(44-2)16-30(27)47-5)17-24(33(38)42)13-23-14-25(35)10-11-28(23)45-3;1-5(7)8-6(2,3)4/h6-11,14-16,20,24H,12-13,17-19H2,1-5H3,(H,36,43)(H,40,41);1-4H3/t20-,24+;/m0./s1. The molecule has 1 aliphatic heterocycles. The van der Waals surface area contributed by atoms with Gasteiger partial charge in [0.25, 0.3) is 0 Å². The molecule has 0 bridgehead atoms. The lowest BCUT2D eigenvalue weighted by Gasteiger charge is -2.26. The number of hydrogen-bond acceptors (Lipinski definition) is 10. The lowest BCUT2D eigenvalue weighted by atomic mass is 9.96. The van der Waals surface area contributed by atoms with E-state index in [1.807, 2.05) is 20.8 Å². The monoisotopic (exact) mass is 783 g/mol. The number of imide groups is 1. The number of esters is 1. The molecule has 0 aliphatic carbocycles. The van der Waals surface area contributed by atoms with Crippen molar-refractivity contribution in [3.63, 3.8) is 0 Å². The quantitative estimate of drug-likeness (QED) is 0.211. The van der Waals surface area contributed by atoms with Gasteiger partial charge in [-0.3, -0.25) is 24.1 Å². The molecule has 55 heavy (non-hydrogen) atoms. The summed E-state index contributed by atoms with van der Waals surface area (Å²) in [6.07, 6.45) is 0.00257. The van der Waals surface area contributed by atoms with Crippen molar-refractivity contribution in [2.75, 3.05) is 41.5 Å². The van der Waals surface area contributed by atoms with Gasteiger partial charge in [-0.2, -0.15) is 0 Å². The van der Waals surface area contributed by atoms with Crippen LogP contribution in [0.4, 0.5) is 4.79 Å². The van der Waals surface area contributed by atoms with Gasteiger partial charge in [-0.25, -0.2) is 4.79 Å². The number of carbonyl (C=O) groups excluding carboxylic acids is 4. The van der Waals surface area contributed by atoms with E-state index in [1.165, 1.54) is 40.3 Å². The first kappa shape index (κ1) is 43.9. The molecule has 2 N–H and O–H groups in total. The number of nitrogens with one attached hydrogen (secondary N) is 1. The lowest BCUT2D eigenvalue weighted by Crippen LogP contribution is -2.48. The van der Waals surface area contributed by atoms with Crippen molar-refractivity contribution >= 4 is 41.4 Å². The number of methoxy groups -OCH3 is 4. The number of benzene rings is 3. The predicted octanol–water partition coefficient (Wildman–Crippen LogP) is 5.85. The van der Waals surface area contributed by atoms with Gasteiger partial charge in [-0.1, -0.05) is 35.9 Å². The second-order valence-electron chi connectivity index (χ2n) is 13.8. The second kappa shape index (κ2) is 19.7. The molecule has 0 radical (unpaired) electrons. The van der Waals surface area contributed by atoms with Gasteiger partial charge in [-0.05, 0) is 69.0 Å². The van der Waals surface area contributed by atoms with E-state index in [0.29, 0.717) is 50.3 Å². The van der Waals surface area contributed by atoms with E-state index >= 15 is 0 Å². The smallest absolute Gasteiger partial charge is 0.325 e. The predicted molar refractivity (Wildman–Crippen MR) is 205 cm³/mol. The Hall–Kier alpha value is -5.50. The van der Waals surface area contributed by atoms with Crippen molar-refractivity contribution in [2.45, 2.75) is 65.6 Å². The summed E-state index contributed by atoms with van der Waals surface area (Å²) in [6, 6.07) is 13.9. The molecule has 1 fully saturated rings. The molecule has 0 unspecified atom stereocenters. The fourth-order valence-electron chi connectivity index (χ4n) is 5.93. The highest BCUT2D eigenvalue weighted by Crippen LogP contribution is 2.36. The Labute approximate surface area is 326 Å². The number of urea groups is 1. The van der Waals surface area contributed by atoms with Gasteiger partial charge in [0.05, 0.1) is 58.9 Å². The van der Waals surface area contributed by atoms with E-state index in [4.69, 9.17) is 40.4 Å². The molecule has 1 heterocycles. The second-order valence-corrected chi connectivity index (χ2v) is 14.2. The zero-order valence-electron chi connectivity index (χ0n) is 32.7. The van der Waals surface area contributed by atoms with Crippen LogP contribution in [-0.4, -0.2) is 91.8 Å². The molecule has 2 atom stereocenters. The van der Waals surface area contributed by atoms with Gasteiger partial charge in [0.1, 0.15) is 35.1 Å². The molecular weight excluding hydrogens is 734 g/mol. The van der Waals surface area contributed by atoms with E-state index < -0.39 is 42.3 Å². The first-order valence-corrected chi connectivity index (χ1v) is 17.8. The Morgan fingerprint density at radius 2 is 1.51 bits per heavy atom. The number of rotatable bonds is 12. The van der Waals surface area contributed by atoms with Gasteiger partial charge in [0.2, 0.25) is 11.8 Å². The first-order chi connectivity index (χ1) is 25.9. The van der Waals surface area contributed by atoms with Crippen LogP contribution in [0, 0.1) is 5.92 Å². The molecule has 3 aromatic rings. The van der Waals surface area contributed by atoms with Crippen molar-refractivity contribution in [1.29, 1.82) is 0 Å². The average molecular weight is 784 g/mol. The van der Waals surface area contributed by atoms with Gasteiger partial charge in [0, 0.05) is 30.6 Å². The summed E-state index contributed by atoms with van der Waals surface area (Å²) in [4.78, 5) is 65.3. The summed E-state index contributed by atoms with van der Waals surface area (Å²) >= 11 is 6.29. The van der Waals surface area contributed by atoms with E-state index in [9.17, 15) is 24.0 Å². The summed E-state index contributed by atoms with van der Waals surface area (Å²) in [7, 11) is 6.01. The summed E-state index contributed by atoms with van der Waals surface area (Å²) < 4.78 is 26.9. The first-order valence-electron chi connectivity index (χ1n) is 17.4. The Morgan fingerprint density at radius 1 is 0.909 bits per heavy atom. The van der Waals surface area contributed by atoms with E-state index in [0.717, 1.165) is 4.90 Å². The molecule has 298 valence electrons. The van der Waals surface area contributed by atoms with Crippen LogP contribution >= 0.6 is 11.6 Å². The molecule has 1 saturated heterocycles. The number of halogens is 1. The fraction of sp³-hybridized carbons (Fsp3) is 0.425. The van der Waals surface area contributed by atoms with Gasteiger partial charge >= 0.3 is 18.0 Å². The third-order valence-electron chi connectivity index (χ3n) is 8.45. The van der Waals surface area contributed by atoms with E-state index in [1.54, 1.807) is 61.5 Å². The molecule has 1 aliphatic rings. The Morgan fingerprint density at radius 3 is 2.00 bits per heavy atom. The van der Waals surface area contributed by atoms with Crippen LogP contribution in [0.25, 0.3) is 0 Å². The molecule has 14 nitrogen and oxygen atoms in total. The van der Waals surface area contributed by atoms with Crippen LogP contribution < -0.4 is 24.3 Å². The molecule has 15 heteroatoms. The van der Waals surface area contributed by atoms with Crippen LogP contribution in [0.1, 0.15) is 62.9 Å². The largest absolute Gasteiger partial charge is 0.496 e. The summed E-state index contributed by atoms with van der Waals surface area (Å²) in [5.41, 5.74) is 2.18. The minimum Gasteiger partial charge on any atom is -0.496 e. The number of carboxylic acids is 1. The van der Waals surface area contributed by atoms with Crippen LogP contribution in [0.15, 0.2) is 54.6 Å². The number of aliphatic carboxylic acids is 1. The number of carbonyl (C=O) groups is 5. The number of nitrogens with zero attached hydrogens (tertiary/aromatic N) is 2. The Kier molecular flexibility index (Phi) is 15.7. The molecular formula is C40H50ClN3O11. The minimum absolute atomic E-state index is 0.0178. The molecule has 4 amide bonds. The van der Waals surface area contributed by atoms with Crippen LogP contribution in [0.3, 0.4) is 0 Å². The Balaban J connectivity index is 0.000000912. The van der Waals surface area contributed by atoms with E-state index in [-0.39, 0.29) is 37.5 Å². The normalized spacial score (nSPS) is 14.8. The SMILES string of the molecule is CC(=O)OC(C)(C)C.COc1cc(OC)c(CN2C[C@@H](Cc3cc(Cl)ccc3OC)C(=O)N(C(=O)N[C@@H](C)c3ccc(CC(=O)O)cc3)CC2=O)c(OC)c1. The third-order valence-corrected chi connectivity index (χ3v) is 8.68. The summed E-state index contributed by atoms with van der Waals surface area (Å²) in [6.45, 7) is 8.18. The van der Waals surface area contributed by atoms with Crippen LogP contribution in [0.2, 0.25) is 5.02 Å². The fourth-order valence-corrected chi connectivity index (χ4v) is 6.12. The van der Waals surface area contributed by atoms with Gasteiger partial charge in [-0.15, -0.1) is 0 Å². The maximum absolute atomic E-state index is 14.1. The maximum Gasteiger partial charge on any atom is 0.325 e. The topological polar surface area (TPSA) is 170 Å². The van der Waals surface area contributed by atoms with Crippen molar-refractivity contribution in [3.05, 3.63) is 81.9 Å². The molecule has 4 rings (SSSR count). The van der Waals surface area contributed by atoms with Crippen molar-refractivity contribution in [2.24, 2.45) is 5.92 Å². The van der Waals surface area contributed by atoms with E-state index in [2.05, 4.69) is 5.32 Å². The summed E-state index contributed by atoms with van der Waals surface area (Å²) in [5, 5.41) is 12.3. The zero-order valence-corrected chi connectivity index (χ0v) is 33.4. The third kappa shape index (κ3) is 12.8. The lowest BCUT2D eigenvalue weighted by molar-refractivity contribution is -0.152. The number of amides is 4. The molecule has 3 aromatic carbocycles.